The van der Waals surface area contributed by atoms with Crippen LogP contribution in [0.3, 0.4) is 0 Å². The molecule has 0 fully saturated rings. The van der Waals surface area contributed by atoms with Crippen LogP contribution in [-0.2, 0) is 14.3 Å². The van der Waals surface area contributed by atoms with Crippen molar-refractivity contribution in [2.24, 2.45) is 0 Å². The Morgan fingerprint density at radius 3 is 2.44 bits per heavy atom. The molecule has 5 heteroatoms. The molecule has 0 heterocycles. The second-order valence-corrected chi connectivity index (χ2v) is 3.55. The summed E-state index contributed by atoms with van der Waals surface area (Å²) in [5, 5.41) is 3.07. The molecule has 0 aliphatic carbocycles. The van der Waals surface area contributed by atoms with Gasteiger partial charge in [0.25, 0.3) is 0 Å². The van der Waals surface area contributed by atoms with E-state index in [4.69, 9.17) is 4.74 Å². The highest BCUT2D eigenvalue weighted by molar-refractivity contribution is 5.89. The van der Waals surface area contributed by atoms with E-state index in [-0.39, 0.29) is 11.9 Å². The van der Waals surface area contributed by atoms with Crippen LogP contribution in [0, 0.1) is 0 Å². The summed E-state index contributed by atoms with van der Waals surface area (Å²) in [7, 11) is 1.34. The molecule has 0 bridgehead atoms. The highest BCUT2D eigenvalue weighted by Gasteiger charge is 2.04. The molecule has 0 amide bonds. The van der Waals surface area contributed by atoms with Gasteiger partial charge in [-0.3, -0.25) is 4.79 Å². The third kappa shape index (κ3) is 4.45. The molecule has 1 aromatic rings. The van der Waals surface area contributed by atoms with Crippen molar-refractivity contribution in [3.63, 3.8) is 0 Å². The zero-order valence-electron chi connectivity index (χ0n) is 10.6. The maximum absolute atomic E-state index is 11.2. The number of ether oxygens (including phenoxy) is 2. The molecule has 0 unspecified atom stereocenters. The van der Waals surface area contributed by atoms with Crippen LogP contribution >= 0.6 is 0 Å². The lowest BCUT2D eigenvalue weighted by Gasteiger charge is -2.06. The van der Waals surface area contributed by atoms with Gasteiger partial charge >= 0.3 is 11.9 Å². The van der Waals surface area contributed by atoms with Crippen LogP contribution in [0.2, 0.25) is 0 Å². The first kappa shape index (κ1) is 14.0. The normalized spacial score (nSPS) is 9.67. The molecule has 18 heavy (non-hydrogen) atoms. The molecule has 0 saturated carbocycles. The predicted molar refractivity (Wildman–Crippen MR) is 67.5 cm³/mol. The van der Waals surface area contributed by atoms with E-state index in [1.165, 1.54) is 7.11 Å². The zero-order chi connectivity index (χ0) is 13.4. The highest BCUT2D eigenvalue weighted by atomic mass is 16.5. The summed E-state index contributed by atoms with van der Waals surface area (Å²) in [4.78, 5) is 22.3. The van der Waals surface area contributed by atoms with Gasteiger partial charge in [0.15, 0.2) is 0 Å². The second-order valence-electron chi connectivity index (χ2n) is 3.55. The largest absolute Gasteiger partial charge is 0.466 e. The van der Waals surface area contributed by atoms with Gasteiger partial charge in [0.1, 0.15) is 0 Å². The molecular formula is C13H17NO4. The number of hydrogen-bond donors (Lipinski definition) is 1. The molecular weight excluding hydrogens is 234 g/mol. The van der Waals surface area contributed by atoms with Crippen molar-refractivity contribution in [1.29, 1.82) is 0 Å². The van der Waals surface area contributed by atoms with Gasteiger partial charge < -0.3 is 14.8 Å². The Morgan fingerprint density at radius 1 is 1.22 bits per heavy atom. The molecule has 0 aromatic heterocycles. The monoisotopic (exact) mass is 251 g/mol. The molecule has 0 aliphatic rings. The second kappa shape index (κ2) is 7.32. The predicted octanol–water partition coefficient (Wildman–Crippen LogP) is 1.84. The van der Waals surface area contributed by atoms with Gasteiger partial charge in [0.2, 0.25) is 0 Å². The van der Waals surface area contributed by atoms with Crippen LogP contribution in [0.25, 0.3) is 0 Å². The van der Waals surface area contributed by atoms with E-state index >= 15 is 0 Å². The average molecular weight is 251 g/mol. The lowest BCUT2D eigenvalue weighted by molar-refractivity contribution is -0.142. The summed E-state index contributed by atoms with van der Waals surface area (Å²) in [5.41, 5.74) is 1.33. The first-order valence-corrected chi connectivity index (χ1v) is 5.75. The van der Waals surface area contributed by atoms with E-state index in [0.29, 0.717) is 25.1 Å². The van der Waals surface area contributed by atoms with E-state index in [0.717, 1.165) is 5.69 Å². The minimum Gasteiger partial charge on any atom is -0.466 e. The Hall–Kier alpha value is -2.04. The number of anilines is 1. The van der Waals surface area contributed by atoms with Crippen molar-refractivity contribution < 1.29 is 19.1 Å². The molecule has 0 spiro atoms. The maximum atomic E-state index is 11.2. The van der Waals surface area contributed by atoms with Crippen LogP contribution in [0.15, 0.2) is 24.3 Å². The van der Waals surface area contributed by atoms with Gasteiger partial charge in [-0.15, -0.1) is 0 Å². The number of benzene rings is 1. The molecule has 5 nitrogen and oxygen atoms in total. The molecule has 1 aromatic carbocycles. The maximum Gasteiger partial charge on any atom is 0.337 e. The van der Waals surface area contributed by atoms with Gasteiger partial charge in [0, 0.05) is 12.2 Å². The van der Waals surface area contributed by atoms with Gasteiger partial charge in [-0.1, -0.05) is 0 Å². The van der Waals surface area contributed by atoms with Crippen molar-refractivity contribution in [1.82, 2.24) is 0 Å². The molecule has 1 rings (SSSR count). The summed E-state index contributed by atoms with van der Waals surface area (Å²) in [5.74, 6) is -0.593. The first-order chi connectivity index (χ1) is 8.67. The Kier molecular flexibility index (Phi) is 5.70. The molecule has 0 saturated heterocycles. The van der Waals surface area contributed by atoms with Crippen molar-refractivity contribution >= 4 is 17.6 Å². The van der Waals surface area contributed by atoms with E-state index in [2.05, 4.69) is 10.1 Å². The average Bonchev–Trinajstić information content (AvgIpc) is 2.39. The number of carbonyl (C=O) groups excluding carboxylic acids is 2. The van der Waals surface area contributed by atoms with Gasteiger partial charge in [-0.25, -0.2) is 4.79 Å². The fourth-order valence-corrected chi connectivity index (χ4v) is 1.38. The standard InChI is InChI=1S/C13H17NO4/c1-3-18-12(15)8-9-14-11-6-4-10(5-7-11)13(16)17-2/h4-7,14H,3,8-9H2,1-2H3. The van der Waals surface area contributed by atoms with Gasteiger partial charge in [-0.05, 0) is 31.2 Å². The third-order valence-electron chi connectivity index (χ3n) is 2.27. The van der Waals surface area contributed by atoms with Crippen molar-refractivity contribution in [3.05, 3.63) is 29.8 Å². The molecule has 0 radical (unpaired) electrons. The number of carbonyl (C=O) groups is 2. The Morgan fingerprint density at radius 2 is 1.89 bits per heavy atom. The van der Waals surface area contributed by atoms with Crippen LogP contribution in [0.5, 0.6) is 0 Å². The van der Waals surface area contributed by atoms with Gasteiger partial charge in [-0.2, -0.15) is 0 Å². The molecule has 98 valence electrons. The van der Waals surface area contributed by atoms with Crippen LogP contribution < -0.4 is 5.32 Å². The Bertz CT molecular complexity index is 400. The van der Waals surface area contributed by atoms with Crippen molar-refractivity contribution in [2.75, 3.05) is 25.6 Å². The molecule has 1 N–H and O–H groups in total. The Balaban J connectivity index is 2.40. The lowest BCUT2D eigenvalue weighted by Crippen LogP contribution is -2.11. The minimum absolute atomic E-state index is 0.226. The quantitative estimate of drug-likeness (QED) is 0.781. The van der Waals surface area contributed by atoms with E-state index in [1.807, 2.05) is 0 Å². The molecule has 0 aliphatic heterocycles. The summed E-state index contributed by atoms with van der Waals surface area (Å²) in [6.45, 7) is 2.67. The lowest BCUT2D eigenvalue weighted by atomic mass is 10.2. The zero-order valence-corrected chi connectivity index (χ0v) is 10.6. The van der Waals surface area contributed by atoms with E-state index < -0.39 is 0 Å². The summed E-state index contributed by atoms with van der Waals surface area (Å²) in [6.07, 6.45) is 0.312. The summed E-state index contributed by atoms with van der Waals surface area (Å²) < 4.78 is 9.40. The van der Waals surface area contributed by atoms with E-state index in [1.54, 1.807) is 31.2 Å². The Labute approximate surface area is 106 Å². The van der Waals surface area contributed by atoms with Crippen molar-refractivity contribution in [3.8, 4) is 0 Å². The third-order valence-corrected chi connectivity index (χ3v) is 2.27. The minimum atomic E-state index is -0.368. The highest BCUT2D eigenvalue weighted by Crippen LogP contribution is 2.10. The molecule has 0 atom stereocenters. The fraction of sp³-hybridized carbons (Fsp3) is 0.385. The SMILES string of the molecule is CCOC(=O)CCNc1ccc(C(=O)OC)cc1. The van der Waals surface area contributed by atoms with Gasteiger partial charge in [0.05, 0.1) is 25.7 Å². The summed E-state index contributed by atoms with van der Waals surface area (Å²) in [6, 6.07) is 6.85. The first-order valence-electron chi connectivity index (χ1n) is 5.75. The number of hydrogen-bond acceptors (Lipinski definition) is 5. The van der Waals surface area contributed by atoms with Crippen molar-refractivity contribution in [2.45, 2.75) is 13.3 Å². The number of methoxy groups -OCH3 is 1. The fourth-order valence-electron chi connectivity index (χ4n) is 1.38. The smallest absolute Gasteiger partial charge is 0.337 e. The number of nitrogens with one attached hydrogen (secondary N) is 1. The van der Waals surface area contributed by atoms with Crippen LogP contribution in [0.4, 0.5) is 5.69 Å². The summed E-state index contributed by atoms with van der Waals surface area (Å²) >= 11 is 0. The number of esters is 2. The topological polar surface area (TPSA) is 64.6 Å². The number of rotatable bonds is 6. The van der Waals surface area contributed by atoms with E-state index in [9.17, 15) is 9.59 Å². The van der Waals surface area contributed by atoms with Crippen LogP contribution in [0.1, 0.15) is 23.7 Å². The van der Waals surface area contributed by atoms with Crippen LogP contribution in [-0.4, -0.2) is 32.2 Å².